The number of benzene rings is 1. The van der Waals surface area contributed by atoms with Gasteiger partial charge in [-0.25, -0.2) is 0 Å². The van der Waals surface area contributed by atoms with Gasteiger partial charge in [0, 0.05) is 11.1 Å². The van der Waals surface area contributed by atoms with Crippen molar-refractivity contribution in [3.63, 3.8) is 0 Å². The molecule has 0 spiro atoms. The first-order chi connectivity index (χ1) is 8.08. The molecule has 0 atom stereocenters. The number of hydrogen-bond donors (Lipinski definition) is 2. The predicted octanol–water partition coefficient (Wildman–Crippen LogP) is 3.58. The minimum absolute atomic E-state index is 0.0690. The zero-order valence-corrected chi connectivity index (χ0v) is 11.2. The molecule has 2 aromatic rings. The highest BCUT2D eigenvalue weighted by Gasteiger charge is 2.13. The largest absolute Gasteiger partial charge is 0.373 e. The Hall–Kier alpha value is -1.26. The lowest BCUT2D eigenvalue weighted by molar-refractivity contribution is 0.905. The van der Waals surface area contributed by atoms with Crippen LogP contribution in [-0.4, -0.2) is 10.4 Å². The number of halogens is 1. The molecule has 0 aliphatic rings. The fourth-order valence-corrected chi connectivity index (χ4v) is 2.58. The summed E-state index contributed by atoms with van der Waals surface area (Å²) in [6.07, 6.45) is 0. The summed E-state index contributed by atoms with van der Waals surface area (Å²) in [7, 11) is 0. The van der Waals surface area contributed by atoms with Crippen molar-refractivity contribution in [2.45, 2.75) is 19.9 Å². The first kappa shape index (κ1) is 12.2. The molecule has 5 heteroatoms. The van der Waals surface area contributed by atoms with Crippen molar-refractivity contribution in [1.82, 2.24) is 4.37 Å². The Morgan fingerprint density at radius 3 is 2.53 bits per heavy atom. The fourth-order valence-electron chi connectivity index (χ4n) is 1.55. The Kier molecular flexibility index (Phi) is 3.54. The summed E-state index contributed by atoms with van der Waals surface area (Å²) < 4.78 is 2.75. The normalized spacial score (nSPS) is 10.8. The van der Waals surface area contributed by atoms with Crippen molar-refractivity contribution in [3.05, 3.63) is 39.6 Å². The molecular formula is C12H13ClN2OS. The monoisotopic (exact) mass is 268 g/mol. The summed E-state index contributed by atoms with van der Waals surface area (Å²) in [6, 6.07) is 7.56. The van der Waals surface area contributed by atoms with E-state index in [4.69, 9.17) is 11.6 Å². The predicted molar refractivity (Wildman–Crippen MR) is 74.1 cm³/mol. The third-order valence-electron chi connectivity index (χ3n) is 2.25. The van der Waals surface area contributed by atoms with Crippen LogP contribution >= 0.6 is 23.1 Å². The van der Waals surface area contributed by atoms with Crippen molar-refractivity contribution in [2.24, 2.45) is 0 Å². The van der Waals surface area contributed by atoms with E-state index in [2.05, 4.69) is 9.69 Å². The molecule has 1 aromatic carbocycles. The topological polar surface area (TPSA) is 44.9 Å². The van der Waals surface area contributed by atoms with Crippen LogP contribution in [0.5, 0.6) is 0 Å². The third-order valence-corrected chi connectivity index (χ3v) is 3.32. The van der Waals surface area contributed by atoms with E-state index < -0.39 is 0 Å². The number of nitrogens with one attached hydrogen (secondary N) is 2. The summed E-state index contributed by atoms with van der Waals surface area (Å²) in [5.74, 6) is 0. The molecule has 17 heavy (non-hydrogen) atoms. The smallest absolute Gasteiger partial charge is 0.268 e. The maximum absolute atomic E-state index is 11.8. The van der Waals surface area contributed by atoms with Gasteiger partial charge >= 0.3 is 0 Å². The molecule has 3 nitrogen and oxygen atoms in total. The van der Waals surface area contributed by atoms with E-state index in [9.17, 15) is 4.79 Å². The second-order valence-corrected chi connectivity index (χ2v) is 5.30. The second kappa shape index (κ2) is 4.94. The van der Waals surface area contributed by atoms with Crippen LogP contribution in [0.15, 0.2) is 29.1 Å². The Morgan fingerprint density at radius 1 is 1.29 bits per heavy atom. The van der Waals surface area contributed by atoms with Crippen molar-refractivity contribution >= 4 is 28.1 Å². The van der Waals surface area contributed by atoms with Gasteiger partial charge in [-0.1, -0.05) is 23.7 Å². The van der Waals surface area contributed by atoms with Crippen LogP contribution < -0.4 is 10.9 Å². The summed E-state index contributed by atoms with van der Waals surface area (Å²) in [4.78, 5) is 11.8. The number of aromatic amines is 1. The second-order valence-electron chi connectivity index (χ2n) is 4.04. The van der Waals surface area contributed by atoms with Crippen LogP contribution in [0.2, 0.25) is 5.02 Å². The highest BCUT2D eigenvalue weighted by atomic mass is 35.5. The van der Waals surface area contributed by atoms with E-state index in [1.165, 1.54) is 11.5 Å². The quantitative estimate of drug-likeness (QED) is 0.894. The molecule has 0 aliphatic heterocycles. The number of hydrogen-bond acceptors (Lipinski definition) is 3. The molecule has 90 valence electrons. The van der Waals surface area contributed by atoms with E-state index in [1.807, 2.05) is 26.0 Å². The molecule has 0 saturated carbocycles. The van der Waals surface area contributed by atoms with Gasteiger partial charge in [-0.15, -0.1) is 0 Å². The summed E-state index contributed by atoms with van der Waals surface area (Å²) >= 11 is 7.16. The highest BCUT2D eigenvalue weighted by molar-refractivity contribution is 7.10. The van der Waals surface area contributed by atoms with Gasteiger partial charge in [-0.2, -0.15) is 0 Å². The number of aromatic nitrogens is 1. The number of anilines is 1. The van der Waals surface area contributed by atoms with Gasteiger partial charge in [0.15, 0.2) is 0 Å². The average Bonchev–Trinajstić information content (AvgIpc) is 2.61. The lowest BCUT2D eigenvalue weighted by Gasteiger charge is -2.08. The van der Waals surface area contributed by atoms with Crippen molar-refractivity contribution in [3.8, 4) is 11.1 Å². The highest BCUT2D eigenvalue weighted by Crippen LogP contribution is 2.28. The van der Waals surface area contributed by atoms with Gasteiger partial charge in [0.05, 0.1) is 5.56 Å². The first-order valence-corrected chi connectivity index (χ1v) is 6.51. The first-order valence-electron chi connectivity index (χ1n) is 5.32. The standard InChI is InChI=1S/C12H13ClN2OS/c1-7(2)14-12-10(11(16)15-17-12)8-3-5-9(13)6-4-8/h3-7,14H,1-2H3,(H,15,16). The molecule has 2 N–H and O–H groups in total. The van der Waals surface area contributed by atoms with Gasteiger partial charge in [-0.05, 0) is 43.1 Å². The van der Waals surface area contributed by atoms with Gasteiger partial charge in [0.2, 0.25) is 0 Å². The molecule has 0 radical (unpaired) electrons. The van der Waals surface area contributed by atoms with Crippen LogP contribution in [0.3, 0.4) is 0 Å². The van der Waals surface area contributed by atoms with Crippen molar-refractivity contribution in [1.29, 1.82) is 0 Å². The van der Waals surface area contributed by atoms with E-state index in [-0.39, 0.29) is 11.6 Å². The molecular weight excluding hydrogens is 256 g/mol. The molecule has 1 aromatic heterocycles. The number of H-pyrrole nitrogens is 1. The molecule has 0 amide bonds. The lowest BCUT2D eigenvalue weighted by atomic mass is 10.1. The minimum atomic E-state index is -0.0690. The zero-order valence-electron chi connectivity index (χ0n) is 9.58. The van der Waals surface area contributed by atoms with Crippen LogP contribution in [0.1, 0.15) is 13.8 Å². The Bertz CT molecular complexity index is 557. The van der Waals surface area contributed by atoms with Gasteiger partial charge in [0.25, 0.3) is 5.56 Å². The van der Waals surface area contributed by atoms with Crippen LogP contribution in [0.25, 0.3) is 11.1 Å². The van der Waals surface area contributed by atoms with Crippen LogP contribution in [0, 0.1) is 0 Å². The SMILES string of the molecule is CC(C)Nc1s[nH]c(=O)c1-c1ccc(Cl)cc1. The molecule has 0 unspecified atom stereocenters. The molecule has 0 saturated heterocycles. The lowest BCUT2D eigenvalue weighted by Crippen LogP contribution is -2.10. The van der Waals surface area contributed by atoms with Crippen molar-refractivity contribution in [2.75, 3.05) is 5.32 Å². The molecule has 0 bridgehead atoms. The van der Waals surface area contributed by atoms with E-state index in [0.29, 0.717) is 10.6 Å². The molecule has 2 rings (SSSR count). The summed E-state index contributed by atoms with van der Waals surface area (Å²) in [5, 5.41) is 4.79. The maximum atomic E-state index is 11.8. The summed E-state index contributed by atoms with van der Waals surface area (Å²) in [6.45, 7) is 4.08. The van der Waals surface area contributed by atoms with E-state index >= 15 is 0 Å². The van der Waals surface area contributed by atoms with Gasteiger partial charge in [-0.3, -0.25) is 9.17 Å². The average molecular weight is 269 g/mol. The molecule has 0 fully saturated rings. The molecule has 0 aliphatic carbocycles. The van der Waals surface area contributed by atoms with Gasteiger partial charge in [0.1, 0.15) is 5.00 Å². The van der Waals surface area contributed by atoms with Crippen LogP contribution in [0.4, 0.5) is 5.00 Å². The van der Waals surface area contributed by atoms with Crippen LogP contribution in [-0.2, 0) is 0 Å². The Balaban J connectivity index is 2.47. The fraction of sp³-hybridized carbons (Fsp3) is 0.250. The van der Waals surface area contributed by atoms with E-state index in [1.54, 1.807) is 12.1 Å². The zero-order chi connectivity index (χ0) is 12.4. The Labute approximate surface area is 109 Å². The van der Waals surface area contributed by atoms with Crippen molar-refractivity contribution < 1.29 is 0 Å². The third kappa shape index (κ3) is 2.70. The van der Waals surface area contributed by atoms with Gasteiger partial charge < -0.3 is 5.32 Å². The maximum Gasteiger partial charge on any atom is 0.268 e. The molecule has 1 heterocycles. The summed E-state index contributed by atoms with van der Waals surface area (Å²) in [5.41, 5.74) is 1.49. The minimum Gasteiger partial charge on any atom is -0.373 e. The Morgan fingerprint density at radius 2 is 1.94 bits per heavy atom. The van der Waals surface area contributed by atoms with E-state index in [0.717, 1.165) is 10.6 Å². The number of rotatable bonds is 3.